The lowest BCUT2D eigenvalue weighted by Gasteiger charge is -2.33. The molecule has 0 aromatic carbocycles. The summed E-state index contributed by atoms with van der Waals surface area (Å²) in [6.45, 7) is 0.600. The van der Waals surface area contributed by atoms with E-state index in [2.05, 4.69) is 5.32 Å². The average Bonchev–Trinajstić information content (AvgIpc) is 2.69. The summed E-state index contributed by atoms with van der Waals surface area (Å²) < 4.78 is 26.1. The molecule has 0 saturated carbocycles. The molecule has 3 N–H and O–H groups in total. The SMILES string of the molecule is NC(=O)CC1CCN(C(=O)C2CC(F)(F)CN2)CC1. The highest BCUT2D eigenvalue weighted by Gasteiger charge is 2.43. The van der Waals surface area contributed by atoms with Gasteiger partial charge in [0.1, 0.15) is 0 Å². The molecule has 2 heterocycles. The molecule has 2 aliphatic rings. The first-order valence-corrected chi connectivity index (χ1v) is 6.56. The van der Waals surface area contributed by atoms with Gasteiger partial charge in [-0.2, -0.15) is 0 Å². The number of piperidine rings is 1. The van der Waals surface area contributed by atoms with Gasteiger partial charge in [-0.05, 0) is 18.8 Å². The summed E-state index contributed by atoms with van der Waals surface area (Å²) in [5.74, 6) is -3.17. The Labute approximate surface area is 110 Å². The van der Waals surface area contributed by atoms with E-state index in [0.29, 0.717) is 32.4 Å². The van der Waals surface area contributed by atoms with Crippen LogP contribution >= 0.6 is 0 Å². The van der Waals surface area contributed by atoms with Crippen molar-refractivity contribution in [1.29, 1.82) is 0 Å². The highest BCUT2D eigenvalue weighted by atomic mass is 19.3. The molecule has 5 nitrogen and oxygen atoms in total. The van der Waals surface area contributed by atoms with Crippen LogP contribution in [0, 0.1) is 5.92 Å². The number of amides is 2. The van der Waals surface area contributed by atoms with E-state index in [1.165, 1.54) is 0 Å². The van der Waals surface area contributed by atoms with Gasteiger partial charge in [0.2, 0.25) is 11.8 Å². The molecular formula is C12H19F2N3O2. The molecule has 0 aliphatic carbocycles. The Morgan fingerprint density at radius 2 is 1.95 bits per heavy atom. The molecule has 0 aromatic rings. The molecule has 7 heteroatoms. The van der Waals surface area contributed by atoms with Crippen LogP contribution in [0.3, 0.4) is 0 Å². The second kappa shape index (κ2) is 5.40. The Morgan fingerprint density at radius 3 is 2.42 bits per heavy atom. The molecule has 2 amide bonds. The summed E-state index contributed by atoms with van der Waals surface area (Å²) in [6.07, 6.45) is 1.32. The minimum atomic E-state index is -2.79. The first kappa shape index (κ1) is 14.2. The Morgan fingerprint density at radius 1 is 1.32 bits per heavy atom. The topological polar surface area (TPSA) is 75.4 Å². The highest BCUT2D eigenvalue weighted by molar-refractivity contribution is 5.82. The fraction of sp³-hybridized carbons (Fsp3) is 0.833. The zero-order valence-corrected chi connectivity index (χ0v) is 10.7. The fourth-order valence-corrected chi connectivity index (χ4v) is 2.75. The number of carbonyl (C=O) groups excluding carboxylic acids is 2. The van der Waals surface area contributed by atoms with Crippen LogP contribution in [0.15, 0.2) is 0 Å². The van der Waals surface area contributed by atoms with Crippen LogP contribution in [0.4, 0.5) is 8.78 Å². The van der Waals surface area contributed by atoms with Gasteiger partial charge in [-0.1, -0.05) is 0 Å². The molecule has 108 valence electrons. The van der Waals surface area contributed by atoms with E-state index in [0.717, 1.165) is 0 Å². The Balaban J connectivity index is 1.81. The molecular weight excluding hydrogens is 256 g/mol. The third kappa shape index (κ3) is 3.62. The summed E-state index contributed by atoms with van der Waals surface area (Å²) >= 11 is 0. The van der Waals surface area contributed by atoms with Crippen molar-refractivity contribution in [3.8, 4) is 0 Å². The molecule has 2 saturated heterocycles. The molecule has 0 radical (unpaired) electrons. The molecule has 1 unspecified atom stereocenters. The van der Waals surface area contributed by atoms with Crippen LogP contribution in [-0.2, 0) is 9.59 Å². The van der Waals surface area contributed by atoms with Crippen LogP contribution in [0.1, 0.15) is 25.7 Å². The average molecular weight is 275 g/mol. The molecule has 2 aliphatic heterocycles. The Kier molecular flexibility index (Phi) is 4.03. The van der Waals surface area contributed by atoms with Crippen molar-refractivity contribution in [2.75, 3.05) is 19.6 Å². The molecule has 1 atom stereocenters. The number of halogens is 2. The van der Waals surface area contributed by atoms with Crippen LogP contribution in [0.25, 0.3) is 0 Å². The summed E-state index contributed by atoms with van der Waals surface area (Å²) in [6, 6.07) is -0.775. The lowest BCUT2D eigenvalue weighted by atomic mass is 9.93. The van der Waals surface area contributed by atoms with Crippen LogP contribution in [0.2, 0.25) is 0 Å². The Hall–Kier alpha value is -1.24. The number of nitrogens with one attached hydrogen (secondary N) is 1. The van der Waals surface area contributed by atoms with E-state index in [1.54, 1.807) is 4.90 Å². The molecule has 0 bridgehead atoms. The maximum atomic E-state index is 13.0. The molecule has 0 spiro atoms. The first-order chi connectivity index (χ1) is 8.87. The normalized spacial score (nSPS) is 27.5. The summed E-state index contributed by atoms with van der Waals surface area (Å²) in [5, 5.41) is 2.57. The predicted octanol–water partition coefficient (Wildman–Crippen LogP) is 0.0976. The number of carbonyl (C=O) groups is 2. The number of nitrogens with two attached hydrogens (primary N) is 1. The minimum Gasteiger partial charge on any atom is -0.370 e. The number of hydrogen-bond donors (Lipinski definition) is 2. The number of primary amides is 1. The van der Waals surface area contributed by atoms with Gasteiger partial charge in [0.05, 0.1) is 12.6 Å². The largest absolute Gasteiger partial charge is 0.370 e. The lowest BCUT2D eigenvalue weighted by molar-refractivity contribution is -0.135. The minimum absolute atomic E-state index is 0.208. The maximum Gasteiger partial charge on any atom is 0.262 e. The van der Waals surface area contributed by atoms with Gasteiger partial charge in [-0.15, -0.1) is 0 Å². The van der Waals surface area contributed by atoms with E-state index in [-0.39, 0.29) is 17.7 Å². The smallest absolute Gasteiger partial charge is 0.262 e. The van der Waals surface area contributed by atoms with Crippen molar-refractivity contribution in [2.24, 2.45) is 11.7 Å². The number of hydrogen-bond acceptors (Lipinski definition) is 3. The fourth-order valence-electron chi connectivity index (χ4n) is 2.75. The van der Waals surface area contributed by atoms with E-state index in [9.17, 15) is 18.4 Å². The molecule has 0 aromatic heterocycles. The van der Waals surface area contributed by atoms with Crippen LogP contribution in [-0.4, -0.2) is 48.3 Å². The third-order valence-electron chi connectivity index (χ3n) is 3.82. The van der Waals surface area contributed by atoms with E-state index in [1.807, 2.05) is 0 Å². The lowest BCUT2D eigenvalue weighted by Crippen LogP contribution is -2.47. The van der Waals surface area contributed by atoms with Crippen molar-refractivity contribution in [3.63, 3.8) is 0 Å². The molecule has 19 heavy (non-hydrogen) atoms. The number of rotatable bonds is 3. The molecule has 2 rings (SSSR count). The third-order valence-corrected chi connectivity index (χ3v) is 3.82. The van der Waals surface area contributed by atoms with Gasteiger partial charge >= 0.3 is 0 Å². The Bertz CT molecular complexity index is 368. The quantitative estimate of drug-likeness (QED) is 0.767. The highest BCUT2D eigenvalue weighted by Crippen LogP contribution is 2.27. The number of nitrogens with zero attached hydrogens (tertiary/aromatic N) is 1. The van der Waals surface area contributed by atoms with Gasteiger partial charge < -0.3 is 10.6 Å². The summed E-state index contributed by atoms with van der Waals surface area (Å²) in [7, 11) is 0. The maximum absolute atomic E-state index is 13.0. The standard InChI is InChI=1S/C12H19F2N3O2/c13-12(14)6-9(16-7-12)11(19)17-3-1-8(2-4-17)5-10(15)18/h8-9,16H,1-7H2,(H2,15,18). The van der Waals surface area contributed by atoms with E-state index in [4.69, 9.17) is 5.73 Å². The van der Waals surface area contributed by atoms with Crippen molar-refractivity contribution < 1.29 is 18.4 Å². The van der Waals surface area contributed by atoms with Crippen molar-refractivity contribution in [1.82, 2.24) is 10.2 Å². The van der Waals surface area contributed by atoms with Gasteiger partial charge in [0.25, 0.3) is 5.92 Å². The second-order valence-electron chi connectivity index (χ2n) is 5.43. The van der Waals surface area contributed by atoms with Crippen molar-refractivity contribution in [2.45, 2.75) is 37.6 Å². The summed E-state index contributed by atoms with van der Waals surface area (Å²) in [4.78, 5) is 24.5. The van der Waals surface area contributed by atoms with Crippen LogP contribution in [0.5, 0.6) is 0 Å². The van der Waals surface area contributed by atoms with Crippen molar-refractivity contribution >= 4 is 11.8 Å². The van der Waals surface area contributed by atoms with Gasteiger partial charge in [0, 0.05) is 25.9 Å². The second-order valence-corrected chi connectivity index (χ2v) is 5.43. The van der Waals surface area contributed by atoms with E-state index >= 15 is 0 Å². The number of likely N-dealkylation sites (tertiary alicyclic amines) is 1. The van der Waals surface area contributed by atoms with Gasteiger partial charge in [0.15, 0.2) is 0 Å². The first-order valence-electron chi connectivity index (χ1n) is 6.56. The predicted molar refractivity (Wildman–Crippen MR) is 64.5 cm³/mol. The van der Waals surface area contributed by atoms with Gasteiger partial charge in [-0.25, -0.2) is 8.78 Å². The van der Waals surface area contributed by atoms with Gasteiger partial charge in [-0.3, -0.25) is 14.9 Å². The monoisotopic (exact) mass is 275 g/mol. The zero-order chi connectivity index (χ0) is 14.0. The van der Waals surface area contributed by atoms with E-state index < -0.39 is 24.9 Å². The zero-order valence-electron chi connectivity index (χ0n) is 10.7. The number of alkyl halides is 2. The van der Waals surface area contributed by atoms with Crippen molar-refractivity contribution in [3.05, 3.63) is 0 Å². The van der Waals surface area contributed by atoms with Crippen LogP contribution < -0.4 is 11.1 Å². The summed E-state index contributed by atoms with van der Waals surface area (Å²) in [5.41, 5.74) is 5.13. The molecule has 2 fully saturated rings.